The van der Waals surface area contributed by atoms with Gasteiger partial charge in [0.05, 0.1) is 11.8 Å². The first-order chi connectivity index (χ1) is 15.3. The smallest absolute Gasteiger partial charge is 0.277 e. The van der Waals surface area contributed by atoms with Crippen LogP contribution in [0.2, 0.25) is 0 Å². The summed E-state index contributed by atoms with van der Waals surface area (Å²) in [5, 5.41) is 13.6. The number of carbonyl (C=O) groups is 1. The predicted octanol–water partition coefficient (Wildman–Crippen LogP) is 4.52. The molecule has 3 heterocycles. The SMILES string of the molecule is O=C(CSc1nnc(-c2ccc3c(c2)OCO3)o1)N[C@@H](c1ccccc1)c1cccs1. The van der Waals surface area contributed by atoms with Crippen LogP contribution in [0.1, 0.15) is 16.5 Å². The normalized spacial score (nSPS) is 13.2. The van der Waals surface area contributed by atoms with Gasteiger partial charge in [-0.2, -0.15) is 0 Å². The number of thiophene rings is 1. The molecule has 156 valence electrons. The van der Waals surface area contributed by atoms with Crippen LogP contribution in [-0.4, -0.2) is 28.7 Å². The maximum Gasteiger partial charge on any atom is 0.277 e. The van der Waals surface area contributed by atoms with Crippen molar-refractivity contribution in [2.24, 2.45) is 0 Å². The molecule has 7 nitrogen and oxygen atoms in total. The number of carbonyl (C=O) groups excluding carboxylic acids is 1. The first-order valence-corrected chi connectivity index (χ1v) is 11.4. The highest BCUT2D eigenvalue weighted by Gasteiger charge is 2.20. The molecule has 0 aliphatic carbocycles. The molecule has 0 fully saturated rings. The van der Waals surface area contributed by atoms with Gasteiger partial charge in [0, 0.05) is 10.4 Å². The second-order valence-corrected chi connectivity index (χ2v) is 8.56. The van der Waals surface area contributed by atoms with Gasteiger partial charge in [0.2, 0.25) is 18.6 Å². The summed E-state index contributed by atoms with van der Waals surface area (Å²) in [6, 6.07) is 19.1. The summed E-state index contributed by atoms with van der Waals surface area (Å²) in [4.78, 5) is 13.7. The van der Waals surface area contributed by atoms with Gasteiger partial charge in [-0.25, -0.2) is 0 Å². The van der Waals surface area contributed by atoms with E-state index < -0.39 is 0 Å². The number of hydrogen-bond acceptors (Lipinski definition) is 8. The van der Waals surface area contributed by atoms with Gasteiger partial charge in [0.15, 0.2) is 11.5 Å². The lowest BCUT2D eigenvalue weighted by atomic mass is 10.1. The van der Waals surface area contributed by atoms with E-state index in [1.54, 1.807) is 23.5 Å². The van der Waals surface area contributed by atoms with Gasteiger partial charge in [-0.1, -0.05) is 48.2 Å². The highest BCUT2D eigenvalue weighted by Crippen LogP contribution is 2.36. The monoisotopic (exact) mass is 451 g/mol. The standard InChI is InChI=1S/C22H17N3O4S2/c26-19(23-20(18-7-4-10-30-18)14-5-2-1-3-6-14)12-31-22-25-24-21(29-22)15-8-9-16-17(11-15)28-13-27-16/h1-11,20H,12-13H2,(H,23,26)/t20-/m0/s1. The lowest BCUT2D eigenvalue weighted by molar-refractivity contribution is -0.119. The second-order valence-electron chi connectivity index (χ2n) is 6.66. The molecule has 4 aromatic rings. The Morgan fingerprint density at radius 2 is 1.94 bits per heavy atom. The minimum atomic E-state index is -0.193. The summed E-state index contributed by atoms with van der Waals surface area (Å²) in [6.07, 6.45) is 0. The zero-order valence-electron chi connectivity index (χ0n) is 16.2. The number of benzene rings is 2. The molecule has 1 aliphatic heterocycles. The lowest BCUT2D eigenvalue weighted by Crippen LogP contribution is -2.30. The van der Waals surface area contributed by atoms with E-state index >= 15 is 0 Å². The Hall–Kier alpha value is -3.30. The zero-order chi connectivity index (χ0) is 21.0. The molecule has 1 atom stereocenters. The number of fused-ring (bicyclic) bond motifs is 1. The lowest BCUT2D eigenvalue weighted by Gasteiger charge is -2.17. The molecule has 2 aromatic heterocycles. The largest absolute Gasteiger partial charge is 0.454 e. The average Bonchev–Trinajstić information content (AvgIpc) is 3.57. The van der Waals surface area contributed by atoms with Crippen LogP contribution in [0, 0.1) is 0 Å². The molecule has 0 saturated heterocycles. The Morgan fingerprint density at radius 3 is 2.77 bits per heavy atom. The van der Waals surface area contributed by atoms with Gasteiger partial charge < -0.3 is 19.2 Å². The molecular weight excluding hydrogens is 434 g/mol. The van der Waals surface area contributed by atoms with Crippen LogP contribution >= 0.6 is 23.1 Å². The topological polar surface area (TPSA) is 86.5 Å². The highest BCUT2D eigenvalue weighted by atomic mass is 32.2. The van der Waals surface area contributed by atoms with E-state index in [1.807, 2.05) is 53.9 Å². The molecule has 1 N–H and O–H groups in total. The second kappa shape index (κ2) is 8.83. The third-order valence-electron chi connectivity index (χ3n) is 4.62. The van der Waals surface area contributed by atoms with Crippen molar-refractivity contribution in [3.05, 3.63) is 76.5 Å². The van der Waals surface area contributed by atoms with Gasteiger partial charge in [-0.05, 0) is 35.2 Å². The van der Waals surface area contributed by atoms with Crippen LogP contribution in [0.4, 0.5) is 0 Å². The third kappa shape index (κ3) is 4.42. The van der Waals surface area contributed by atoms with Crippen molar-refractivity contribution in [1.82, 2.24) is 15.5 Å². The molecule has 5 rings (SSSR count). The van der Waals surface area contributed by atoms with Crippen molar-refractivity contribution in [2.45, 2.75) is 11.3 Å². The first-order valence-electron chi connectivity index (χ1n) is 9.50. The molecule has 0 radical (unpaired) electrons. The molecule has 1 aliphatic rings. The number of hydrogen-bond donors (Lipinski definition) is 1. The molecule has 0 spiro atoms. The maximum absolute atomic E-state index is 12.7. The Labute approximate surface area is 186 Å². The number of rotatable bonds is 7. The minimum Gasteiger partial charge on any atom is -0.454 e. The van der Waals surface area contributed by atoms with Gasteiger partial charge in [-0.15, -0.1) is 21.5 Å². The summed E-state index contributed by atoms with van der Waals surface area (Å²) in [6.45, 7) is 0.203. The van der Waals surface area contributed by atoms with E-state index in [0.717, 1.165) is 16.0 Å². The summed E-state index contributed by atoms with van der Waals surface area (Å²) in [5.74, 6) is 1.74. The van der Waals surface area contributed by atoms with Crippen LogP contribution in [-0.2, 0) is 4.79 Å². The molecule has 0 saturated carbocycles. The molecule has 0 unspecified atom stereocenters. The van der Waals surface area contributed by atoms with Crippen molar-refractivity contribution in [1.29, 1.82) is 0 Å². The first kappa shape index (κ1) is 19.7. The van der Waals surface area contributed by atoms with Gasteiger partial charge in [0.1, 0.15) is 0 Å². The van der Waals surface area contributed by atoms with Crippen LogP contribution in [0.5, 0.6) is 11.5 Å². The van der Waals surface area contributed by atoms with E-state index in [9.17, 15) is 4.79 Å². The quantitative estimate of drug-likeness (QED) is 0.413. The minimum absolute atomic E-state index is 0.116. The predicted molar refractivity (Wildman–Crippen MR) is 117 cm³/mol. The van der Waals surface area contributed by atoms with Crippen LogP contribution in [0.15, 0.2) is 75.7 Å². The number of thioether (sulfide) groups is 1. The molecule has 31 heavy (non-hydrogen) atoms. The Morgan fingerprint density at radius 1 is 1.06 bits per heavy atom. The van der Waals surface area contributed by atoms with Crippen LogP contribution < -0.4 is 14.8 Å². The van der Waals surface area contributed by atoms with Crippen LogP contribution in [0.25, 0.3) is 11.5 Å². The van der Waals surface area contributed by atoms with Gasteiger partial charge >= 0.3 is 0 Å². The Balaban J connectivity index is 1.23. The molecule has 9 heteroatoms. The van der Waals surface area contributed by atoms with Crippen molar-refractivity contribution < 1.29 is 18.7 Å². The van der Waals surface area contributed by atoms with E-state index in [2.05, 4.69) is 15.5 Å². The van der Waals surface area contributed by atoms with Gasteiger partial charge in [-0.3, -0.25) is 4.79 Å². The number of nitrogens with zero attached hydrogens (tertiary/aromatic N) is 2. The fraction of sp³-hybridized carbons (Fsp3) is 0.136. The summed E-state index contributed by atoms with van der Waals surface area (Å²) >= 11 is 2.81. The average molecular weight is 452 g/mol. The molecule has 2 aromatic carbocycles. The number of ether oxygens (including phenoxy) is 2. The summed E-state index contributed by atoms with van der Waals surface area (Å²) < 4.78 is 16.4. The number of nitrogens with one attached hydrogen (secondary N) is 1. The van der Waals surface area contributed by atoms with Crippen molar-refractivity contribution in [3.63, 3.8) is 0 Å². The number of amides is 1. The summed E-state index contributed by atoms with van der Waals surface area (Å²) in [7, 11) is 0. The van der Waals surface area contributed by atoms with E-state index in [-0.39, 0.29) is 24.5 Å². The van der Waals surface area contributed by atoms with E-state index in [4.69, 9.17) is 13.9 Å². The summed E-state index contributed by atoms with van der Waals surface area (Å²) in [5.41, 5.74) is 1.76. The Kier molecular flexibility index (Phi) is 5.59. The number of aromatic nitrogens is 2. The van der Waals surface area contributed by atoms with Crippen LogP contribution in [0.3, 0.4) is 0 Å². The van der Waals surface area contributed by atoms with Crippen molar-refractivity contribution in [2.75, 3.05) is 12.5 Å². The fourth-order valence-corrected chi connectivity index (χ4v) is 4.54. The third-order valence-corrected chi connectivity index (χ3v) is 6.37. The maximum atomic E-state index is 12.7. The molecule has 0 bridgehead atoms. The van der Waals surface area contributed by atoms with E-state index in [0.29, 0.717) is 22.6 Å². The van der Waals surface area contributed by atoms with Crippen molar-refractivity contribution >= 4 is 29.0 Å². The molecular formula is C22H17N3O4S2. The highest BCUT2D eigenvalue weighted by molar-refractivity contribution is 7.99. The molecule has 1 amide bonds. The fourth-order valence-electron chi connectivity index (χ4n) is 3.16. The Bertz CT molecular complexity index is 1180. The van der Waals surface area contributed by atoms with Crippen molar-refractivity contribution in [3.8, 4) is 23.0 Å². The zero-order valence-corrected chi connectivity index (χ0v) is 17.8. The van der Waals surface area contributed by atoms with Gasteiger partial charge in [0.25, 0.3) is 5.22 Å². The van der Waals surface area contributed by atoms with E-state index in [1.165, 1.54) is 11.8 Å².